The monoisotopic (exact) mass is 260 g/mol. The van der Waals surface area contributed by atoms with Crippen LogP contribution in [0.25, 0.3) is 0 Å². The van der Waals surface area contributed by atoms with Crippen molar-refractivity contribution < 1.29 is 0 Å². The highest BCUT2D eigenvalue weighted by molar-refractivity contribution is 5.25. The van der Waals surface area contributed by atoms with Crippen LogP contribution in [0.3, 0.4) is 0 Å². The van der Waals surface area contributed by atoms with E-state index in [0.717, 1.165) is 12.3 Å². The summed E-state index contributed by atoms with van der Waals surface area (Å²) in [6, 6.07) is 10.0. The number of rotatable bonds is 4. The number of hydrogen-bond acceptors (Lipinski definition) is 2. The van der Waals surface area contributed by atoms with E-state index in [0.29, 0.717) is 18.6 Å². The average molecular weight is 260 g/mol. The van der Waals surface area contributed by atoms with Gasteiger partial charge in [0.1, 0.15) is 0 Å². The predicted octanol–water partition coefficient (Wildman–Crippen LogP) is 3.37. The fourth-order valence-electron chi connectivity index (χ4n) is 3.25. The molecule has 2 rings (SSSR count). The van der Waals surface area contributed by atoms with Crippen LogP contribution in [-0.2, 0) is 6.42 Å². The van der Waals surface area contributed by atoms with Gasteiger partial charge in [-0.05, 0) is 49.8 Å². The lowest BCUT2D eigenvalue weighted by Gasteiger charge is -2.42. The number of aryl methyl sites for hydroxylation is 1. The third-order valence-electron chi connectivity index (χ3n) is 4.82. The summed E-state index contributed by atoms with van der Waals surface area (Å²) in [7, 11) is 0. The largest absolute Gasteiger partial charge is 0.329 e. The standard InChI is InChI=1S/C17H28N2/c1-4-15-7-9-16(10-8-15)17(12-18)19-11-5-6-13(2)14(19)3/h7-10,13-14,17H,4-6,11-12,18H2,1-3H3. The zero-order valence-electron chi connectivity index (χ0n) is 12.6. The second-order valence-electron chi connectivity index (χ2n) is 5.94. The zero-order valence-corrected chi connectivity index (χ0v) is 12.6. The van der Waals surface area contributed by atoms with Gasteiger partial charge < -0.3 is 5.73 Å². The summed E-state index contributed by atoms with van der Waals surface area (Å²) >= 11 is 0. The molecule has 0 radical (unpaired) electrons. The molecule has 1 aromatic carbocycles. The molecule has 1 saturated heterocycles. The third-order valence-corrected chi connectivity index (χ3v) is 4.82. The van der Waals surface area contributed by atoms with Crippen molar-refractivity contribution in [2.24, 2.45) is 11.7 Å². The van der Waals surface area contributed by atoms with Crippen molar-refractivity contribution in [1.29, 1.82) is 0 Å². The molecule has 2 N–H and O–H groups in total. The van der Waals surface area contributed by atoms with Gasteiger partial charge in [-0.1, -0.05) is 38.1 Å². The smallest absolute Gasteiger partial charge is 0.0473 e. The fourth-order valence-corrected chi connectivity index (χ4v) is 3.25. The Morgan fingerprint density at radius 3 is 2.53 bits per heavy atom. The van der Waals surface area contributed by atoms with Crippen LogP contribution in [0, 0.1) is 5.92 Å². The van der Waals surface area contributed by atoms with Crippen molar-refractivity contribution in [3.63, 3.8) is 0 Å². The minimum Gasteiger partial charge on any atom is -0.329 e. The highest BCUT2D eigenvalue weighted by Gasteiger charge is 2.30. The first kappa shape index (κ1) is 14.5. The minimum absolute atomic E-state index is 0.378. The molecule has 0 bridgehead atoms. The SMILES string of the molecule is CCc1ccc(C(CN)N2CCCC(C)C2C)cc1. The van der Waals surface area contributed by atoms with Gasteiger partial charge in [0, 0.05) is 18.6 Å². The van der Waals surface area contributed by atoms with Crippen LogP contribution in [-0.4, -0.2) is 24.0 Å². The molecular weight excluding hydrogens is 232 g/mol. The number of nitrogens with zero attached hydrogens (tertiary/aromatic N) is 1. The summed E-state index contributed by atoms with van der Waals surface area (Å²) < 4.78 is 0. The van der Waals surface area contributed by atoms with Crippen molar-refractivity contribution in [3.05, 3.63) is 35.4 Å². The zero-order chi connectivity index (χ0) is 13.8. The predicted molar refractivity (Wildman–Crippen MR) is 82.2 cm³/mol. The number of likely N-dealkylation sites (tertiary alicyclic amines) is 1. The molecule has 1 aromatic rings. The molecule has 0 aromatic heterocycles. The first-order valence-corrected chi connectivity index (χ1v) is 7.72. The molecule has 1 aliphatic heterocycles. The summed E-state index contributed by atoms with van der Waals surface area (Å²) in [4.78, 5) is 2.61. The Labute approximate surface area is 118 Å². The molecule has 3 unspecified atom stereocenters. The Morgan fingerprint density at radius 1 is 1.26 bits per heavy atom. The maximum Gasteiger partial charge on any atom is 0.0473 e. The molecule has 0 amide bonds. The van der Waals surface area contributed by atoms with E-state index in [1.807, 2.05) is 0 Å². The molecule has 0 spiro atoms. The van der Waals surface area contributed by atoms with Crippen LogP contribution in [0.4, 0.5) is 0 Å². The third kappa shape index (κ3) is 3.18. The molecule has 1 fully saturated rings. The lowest BCUT2D eigenvalue weighted by Crippen LogP contribution is -2.46. The number of benzene rings is 1. The van der Waals surface area contributed by atoms with Gasteiger partial charge in [0.15, 0.2) is 0 Å². The van der Waals surface area contributed by atoms with Crippen LogP contribution in [0.1, 0.15) is 50.8 Å². The summed E-state index contributed by atoms with van der Waals surface area (Å²) in [5, 5.41) is 0. The average Bonchev–Trinajstić information content (AvgIpc) is 2.45. The molecule has 2 heteroatoms. The van der Waals surface area contributed by atoms with E-state index in [-0.39, 0.29) is 0 Å². The molecular formula is C17H28N2. The lowest BCUT2D eigenvalue weighted by atomic mass is 9.89. The van der Waals surface area contributed by atoms with Crippen molar-refractivity contribution in [2.75, 3.05) is 13.1 Å². The first-order chi connectivity index (χ1) is 9.17. The molecule has 3 atom stereocenters. The second kappa shape index (κ2) is 6.53. The maximum absolute atomic E-state index is 6.07. The van der Waals surface area contributed by atoms with Gasteiger partial charge in [0.05, 0.1) is 0 Å². The van der Waals surface area contributed by atoms with Gasteiger partial charge in [-0.15, -0.1) is 0 Å². The van der Waals surface area contributed by atoms with E-state index >= 15 is 0 Å². The molecule has 2 nitrogen and oxygen atoms in total. The summed E-state index contributed by atoms with van der Waals surface area (Å²) in [6.45, 7) is 8.81. The topological polar surface area (TPSA) is 29.3 Å². The van der Waals surface area contributed by atoms with Crippen molar-refractivity contribution in [1.82, 2.24) is 4.90 Å². The van der Waals surface area contributed by atoms with Crippen molar-refractivity contribution in [3.8, 4) is 0 Å². The summed E-state index contributed by atoms with van der Waals surface area (Å²) in [6.07, 6.45) is 3.75. The maximum atomic E-state index is 6.07. The number of piperidine rings is 1. The van der Waals surface area contributed by atoms with Crippen molar-refractivity contribution >= 4 is 0 Å². The highest BCUT2D eigenvalue weighted by atomic mass is 15.2. The van der Waals surface area contributed by atoms with E-state index in [4.69, 9.17) is 5.73 Å². The van der Waals surface area contributed by atoms with E-state index < -0.39 is 0 Å². The fraction of sp³-hybridized carbons (Fsp3) is 0.647. The van der Waals surface area contributed by atoms with Gasteiger partial charge in [-0.25, -0.2) is 0 Å². The van der Waals surface area contributed by atoms with E-state index in [1.54, 1.807) is 0 Å². The molecule has 1 aliphatic rings. The Morgan fingerprint density at radius 2 is 1.95 bits per heavy atom. The van der Waals surface area contributed by atoms with Crippen LogP contribution < -0.4 is 5.73 Å². The number of hydrogen-bond donors (Lipinski definition) is 1. The lowest BCUT2D eigenvalue weighted by molar-refractivity contribution is 0.0709. The van der Waals surface area contributed by atoms with E-state index in [9.17, 15) is 0 Å². The van der Waals surface area contributed by atoms with E-state index in [2.05, 4.69) is 49.9 Å². The quantitative estimate of drug-likeness (QED) is 0.899. The van der Waals surface area contributed by atoms with Crippen LogP contribution in [0.5, 0.6) is 0 Å². The summed E-state index contributed by atoms with van der Waals surface area (Å²) in [5.74, 6) is 0.776. The molecule has 0 saturated carbocycles. The van der Waals surface area contributed by atoms with Crippen LogP contribution in [0.2, 0.25) is 0 Å². The van der Waals surface area contributed by atoms with Gasteiger partial charge in [0.2, 0.25) is 0 Å². The van der Waals surface area contributed by atoms with Gasteiger partial charge in [-0.3, -0.25) is 4.90 Å². The first-order valence-electron chi connectivity index (χ1n) is 7.72. The van der Waals surface area contributed by atoms with Crippen LogP contribution >= 0.6 is 0 Å². The Hall–Kier alpha value is -0.860. The minimum atomic E-state index is 0.378. The van der Waals surface area contributed by atoms with Gasteiger partial charge >= 0.3 is 0 Å². The van der Waals surface area contributed by atoms with Crippen LogP contribution in [0.15, 0.2) is 24.3 Å². The molecule has 0 aliphatic carbocycles. The Bertz CT molecular complexity index is 385. The number of nitrogens with two attached hydrogens (primary N) is 1. The second-order valence-corrected chi connectivity index (χ2v) is 5.94. The Kier molecular flexibility index (Phi) is 5.00. The Balaban J connectivity index is 2.18. The highest BCUT2D eigenvalue weighted by Crippen LogP contribution is 2.31. The molecule has 1 heterocycles. The molecule has 19 heavy (non-hydrogen) atoms. The normalized spacial score (nSPS) is 26.3. The van der Waals surface area contributed by atoms with E-state index in [1.165, 1.54) is 30.5 Å². The summed E-state index contributed by atoms with van der Waals surface area (Å²) in [5.41, 5.74) is 8.85. The van der Waals surface area contributed by atoms with Gasteiger partial charge in [-0.2, -0.15) is 0 Å². The van der Waals surface area contributed by atoms with Crippen molar-refractivity contribution in [2.45, 2.75) is 52.1 Å². The molecule has 106 valence electrons. The van der Waals surface area contributed by atoms with Gasteiger partial charge in [0.25, 0.3) is 0 Å².